The number of hydrogen-bond donors (Lipinski definition) is 1. The summed E-state index contributed by atoms with van der Waals surface area (Å²) in [4.78, 5) is 9.85. The average molecular weight is 348 g/mol. The number of anilines is 1. The van der Waals surface area contributed by atoms with Crippen molar-refractivity contribution in [3.63, 3.8) is 0 Å². The molecule has 0 aliphatic heterocycles. The van der Waals surface area contributed by atoms with Crippen molar-refractivity contribution in [3.8, 4) is 0 Å². The Morgan fingerprint density at radius 2 is 1.88 bits per heavy atom. The molecule has 2 aromatic rings. The van der Waals surface area contributed by atoms with E-state index in [0.717, 1.165) is 12.1 Å². The summed E-state index contributed by atoms with van der Waals surface area (Å²) in [6.45, 7) is 4.95. The van der Waals surface area contributed by atoms with E-state index < -0.39 is 30.1 Å². The number of nitrogens with one attached hydrogen (secondary N) is 1. The Hall–Kier alpha value is -2.70. The van der Waals surface area contributed by atoms with Crippen molar-refractivity contribution in [3.05, 3.63) is 53.4 Å². The van der Waals surface area contributed by atoms with Crippen LogP contribution in [0.3, 0.4) is 0 Å². The molecule has 2 rings (SSSR count). The van der Waals surface area contributed by atoms with Gasteiger partial charge in [0.1, 0.15) is 12.4 Å². The minimum atomic E-state index is -4.84. The van der Waals surface area contributed by atoms with E-state index in [9.17, 15) is 26.3 Å². The second-order valence-electron chi connectivity index (χ2n) is 4.82. The first kappa shape index (κ1) is 17.7. The number of rotatable bonds is 4. The number of imidazole rings is 1. The summed E-state index contributed by atoms with van der Waals surface area (Å²) >= 11 is 0. The summed E-state index contributed by atoms with van der Waals surface area (Å²) in [5.74, 6) is 0.169. The van der Waals surface area contributed by atoms with Gasteiger partial charge in [0.25, 0.3) is 0 Å². The van der Waals surface area contributed by atoms with E-state index in [2.05, 4.69) is 14.8 Å². The van der Waals surface area contributed by atoms with Crippen molar-refractivity contribution >= 4 is 11.4 Å². The van der Waals surface area contributed by atoms with Crippen molar-refractivity contribution in [1.82, 2.24) is 9.97 Å². The van der Waals surface area contributed by atoms with Crippen molar-refractivity contribution in [2.75, 3.05) is 11.4 Å². The fraction of sp³-hybridized carbons (Fsp3) is 0.286. The van der Waals surface area contributed by atoms with Crippen LogP contribution < -0.4 is 4.90 Å². The summed E-state index contributed by atoms with van der Waals surface area (Å²) in [5, 5.41) is 0. The van der Waals surface area contributed by atoms with Crippen LogP contribution in [0.4, 0.5) is 37.7 Å². The van der Waals surface area contributed by atoms with Gasteiger partial charge in [-0.1, -0.05) is 6.07 Å². The maximum Gasteiger partial charge on any atom is 0.407 e. The summed E-state index contributed by atoms with van der Waals surface area (Å²) in [7, 11) is 0. The molecule has 128 valence electrons. The van der Waals surface area contributed by atoms with Crippen LogP contribution in [0.15, 0.2) is 30.6 Å². The van der Waals surface area contributed by atoms with E-state index >= 15 is 0 Å². The summed E-state index contributed by atoms with van der Waals surface area (Å²) in [5.41, 5.74) is -2.25. The Labute approximate surface area is 132 Å². The lowest BCUT2D eigenvalue weighted by atomic mass is 10.1. The number of aromatic amines is 1. The fourth-order valence-electron chi connectivity index (χ4n) is 2.07. The third-order valence-corrected chi connectivity index (χ3v) is 3.04. The van der Waals surface area contributed by atoms with Crippen LogP contribution >= 0.6 is 0 Å². The molecule has 0 saturated heterocycles. The molecule has 0 atom stereocenters. The van der Waals surface area contributed by atoms with Gasteiger partial charge in [0.2, 0.25) is 0 Å². The topological polar surface area (TPSA) is 36.3 Å². The number of nitrogens with zero attached hydrogens (tertiary/aromatic N) is 3. The third kappa shape index (κ3) is 4.41. The molecule has 0 spiro atoms. The standard InChI is InChI=1S/C14H10F6N4/c1-21-11-3-2-9(6-10(11)14(18,19)20)24(8-13(15,16)17)7-12-22-4-5-23-12/h2-6H,7-8H2,(H,22,23). The normalized spacial score (nSPS) is 12.0. The van der Waals surface area contributed by atoms with Crippen LogP contribution in [0.1, 0.15) is 11.4 Å². The zero-order valence-corrected chi connectivity index (χ0v) is 11.9. The Kier molecular flexibility index (Phi) is 4.73. The number of halogens is 6. The second-order valence-corrected chi connectivity index (χ2v) is 4.82. The van der Waals surface area contributed by atoms with Gasteiger partial charge in [-0.05, 0) is 12.1 Å². The Bertz CT molecular complexity index is 727. The number of aromatic nitrogens is 2. The van der Waals surface area contributed by atoms with E-state index in [1.54, 1.807) is 0 Å². The minimum absolute atomic E-state index is 0.169. The SMILES string of the molecule is [C-]#[N+]c1ccc(N(Cc2ncc[nH]2)CC(F)(F)F)cc1C(F)(F)F. The zero-order chi connectivity index (χ0) is 18.0. The van der Waals surface area contributed by atoms with E-state index in [1.165, 1.54) is 12.4 Å². The Balaban J connectivity index is 2.44. The monoisotopic (exact) mass is 348 g/mol. The predicted octanol–water partition coefficient (Wildman–Crippen LogP) is 4.55. The van der Waals surface area contributed by atoms with E-state index in [0.29, 0.717) is 11.0 Å². The molecule has 10 heteroatoms. The van der Waals surface area contributed by atoms with E-state index in [-0.39, 0.29) is 18.1 Å². The average Bonchev–Trinajstić information content (AvgIpc) is 2.96. The molecule has 1 aromatic carbocycles. The molecule has 1 heterocycles. The third-order valence-electron chi connectivity index (χ3n) is 3.04. The Morgan fingerprint density at radius 1 is 1.17 bits per heavy atom. The molecule has 0 fully saturated rings. The van der Waals surface area contributed by atoms with Gasteiger partial charge < -0.3 is 9.88 Å². The summed E-state index contributed by atoms with van der Waals surface area (Å²) < 4.78 is 77.2. The maximum atomic E-state index is 13.0. The molecule has 1 aromatic heterocycles. The molecule has 0 amide bonds. The molecule has 0 bridgehead atoms. The molecule has 24 heavy (non-hydrogen) atoms. The molecule has 0 saturated carbocycles. The van der Waals surface area contributed by atoms with Crippen LogP contribution in [-0.2, 0) is 12.7 Å². The van der Waals surface area contributed by atoms with Crippen LogP contribution in [0.25, 0.3) is 4.85 Å². The molecule has 0 aliphatic rings. The van der Waals surface area contributed by atoms with Crippen molar-refractivity contribution in [1.29, 1.82) is 0 Å². The lowest BCUT2D eigenvalue weighted by molar-refractivity contribution is -0.136. The van der Waals surface area contributed by atoms with Gasteiger partial charge in [0.05, 0.1) is 18.7 Å². The summed E-state index contributed by atoms with van der Waals surface area (Å²) in [6, 6.07) is 2.45. The number of hydrogen-bond acceptors (Lipinski definition) is 2. The van der Waals surface area contributed by atoms with Crippen molar-refractivity contribution in [2.24, 2.45) is 0 Å². The fourth-order valence-corrected chi connectivity index (χ4v) is 2.07. The molecule has 1 N–H and O–H groups in total. The molecule has 0 unspecified atom stereocenters. The van der Waals surface area contributed by atoms with Crippen LogP contribution in [0.5, 0.6) is 0 Å². The molecule has 0 radical (unpaired) electrons. The van der Waals surface area contributed by atoms with E-state index in [1.807, 2.05) is 0 Å². The lowest BCUT2D eigenvalue weighted by Gasteiger charge is -2.26. The van der Waals surface area contributed by atoms with Crippen LogP contribution in [0.2, 0.25) is 0 Å². The zero-order valence-electron chi connectivity index (χ0n) is 11.9. The highest BCUT2D eigenvalue weighted by Gasteiger charge is 2.36. The molecule has 4 nitrogen and oxygen atoms in total. The van der Waals surface area contributed by atoms with Crippen molar-refractivity contribution in [2.45, 2.75) is 18.9 Å². The largest absolute Gasteiger partial charge is 0.407 e. The van der Waals surface area contributed by atoms with Gasteiger partial charge in [0.15, 0.2) is 5.69 Å². The van der Waals surface area contributed by atoms with Gasteiger partial charge in [0, 0.05) is 18.1 Å². The molecule has 0 aliphatic carbocycles. The smallest absolute Gasteiger partial charge is 0.355 e. The van der Waals surface area contributed by atoms with Gasteiger partial charge in [-0.25, -0.2) is 9.83 Å². The number of alkyl halides is 6. The highest BCUT2D eigenvalue weighted by atomic mass is 19.4. The number of H-pyrrole nitrogens is 1. The predicted molar refractivity (Wildman–Crippen MR) is 73.4 cm³/mol. The van der Waals surface area contributed by atoms with Gasteiger partial charge in [-0.3, -0.25) is 0 Å². The number of benzene rings is 1. The minimum Gasteiger partial charge on any atom is -0.355 e. The highest BCUT2D eigenvalue weighted by Crippen LogP contribution is 2.39. The van der Waals surface area contributed by atoms with Gasteiger partial charge in [-0.15, -0.1) is 0 Å². The summed E-state index contributed by atoms with van der Waals surface area (Å²) in [6.07, 6.45) is -6.75. The van der Waals surface area contributed by atoms with E-state index in [4.69, 9.17) is 6.57 Å². The van der Waals surface area contributed by atoms with Gasteiger partial charge in [-0.2, -0.15) is 26.3 Å². The molecular weight excluding hydrogens is 338 g/mol. The van der Waals surface area contributed by atoms with Gasteiger partial charge >= 0.3 is 12.4 Å². The maximum absolute atomic E-state index is 13.0. The van der Waals surface area contributed by atoms with Crippen LogP contribution in [0, 0.1) is 6.57 Å². The first-order valence-electron chi connectivity index (χ1n) is 6.49. The first-order valence-corrected chi connectivity index (χ1v) is 6.49. The van der Waals surface area contributed by atoms with Crippen LogP contribution in [-0.4, -0.2) is 22.7 Å². The second kappa shape index (κ2) is 6.43. The quantitative estimate of drug-likeness (QED) is 0.650. The molecular formula is C14H10F6N4. The lowest BCUT2D eigenvalue weighted by Crippen LogP contribution is -2.34. The Morgan fingerprint density at radius 3 is 2.38 bits per heavy atom. The first-order chi connectivity index (χ1) is 11.1. The van der Waals surface area contributed by atoms with Crippen molar-refractivity contribution < 1.29 is 26.3 Å². The highest BCUT2D eigenvalue weighted by molar-refractivity contribution is 5.62.